The first-order valence-corrected chi connectivity index (χ1v) is 17.0. The average Bonchev–Trinajstić information content (AvgIpc) is 3.69. The third-order valence-electron chi connectivity index (χ3n) is 7.08. The molecule has 0 spiro atoms. The number of thiazole rings is 2. The number of nitrogens with one attached hydrogen (secondary N) is 1. The molecule has 3 heterocycles. The molecule has 0 radical (unpaired) electrons. The Bertz CT molecular complexity index is 1900. The van der Waals surface area contributed by atoms with E-state index in [0.717, 1.165) is 25.8 Å². The molecule has 0 bridgehead atoms. The first-order chi connectivity index (χ1) is 23.2. The summed E-state index contributed by atoms with van der Waals surface area (Å²) in [4.78, 5) is 26.4. The number of halogens is 1. The van der Waals surface area contributed by atoms with Crippen LogP contribution in [0.25, 0.3) is 10.2 Å². The lowest BCUT2D eigenvalue weighted by atomic mass is 10.2. The average molecular weight is 690 g/mol. The van der Waals surface area contributed by atoms with Crippen molar-refractivity contribution in [2.75, 3.05) is 57.2 Å². The third-order valence-corrected chi connectivity index (χ3v) is 9.22. The van der Waals surface area contributed by atoms with Gasteiger partial charge >= 0.3 is 5.97 Å². The van der Waals surface area contributed by atoms with Crippen LogP contribution in [-0.4, -0.2) is 83.1 Å². The van der Waals surface area contributed by atoms with E-state index in [9.17, 15) is 9.18 Å². The zero-order valence-electron chi connectivity index (χ0n) is 27.1. The van der Waals surface area contributed by atoms with Crippen molar-refractivity contribution in [1.82, 2.24) is 25.1 Å². The summed E-state index contributed by atoms with van der Waals surface area (Å²) in [5.41, 5.74) is 2.56. The number of para-hydroxylation sites is 1. The first-order valence-electron chi connectivity index (χ1n) is 15.3. The van der Waals surface area contributed by atoms with Crippen LogP contribution in [0, 0.1) is 24.6 Å². The van der Waals surface area contributed by atoms with Crippen molar-refractivity contribution in [3.63, 3.8) is 0 Å². The van der Waals surface area contributed by atoms with Crippen LogP contribution in [0.1, 0.15) is 39.8 Å². The van der Waals surface area contributed by atoms with Crippen molar-refractivity contribution < 1.29 is 23.8 Å². The number of hydrogen-bond acceptors (Lipinski definition) is 13. The molecule has 0 fully saturated rings. The largest absolute Gasteiger partial charge is 0.491 e. The summed E-state index contributed by atoms with van der Waals surface area (Å²) < 4.78 is 26.8. The number of esters is 1. The van der Waals surface area contributed by atoms with E-state index in [1.165, 1.54) is 28.7 Å². The number of anilines is 4. The molecule has 0 unspecified atom stereocenters. The molecule has 11 nitrogen and oxygen atoms in total. The molecular weight excluding hydrogens is 654 g/mol. The van der Waals surface area contributed by atoms with Gasteiger partial charge in [-0.3, -0.25) is 4.90 Å². The standard InChI is InChI=1S/C34H36FN7O4S2/c1-5-45-32(44)30-28(13-9-19-46-26-15-14-23(21-24(26)35)10-8-16-41(3)17-18-43)48-34(37-30)42(4)29-20-22(2)31(40-39-29)38-33-36-25-11-6-7-12-27(25)47-33/h6-7,11-12,14-15,20-21,43H,5,9,13,16-19H2,1-4H3,(H,36,38,40). The molecule has 0 amide bonds. The Morgan fingerprint density at radius 1 is 1.10 bits per heavy atom. The summed E-state index contributed by atoms with van der Waals surface area (Å²) in [7, 11) is 3.66. The van der Waals surface area contributed by atoms with Gasteiger partial charge in [-0.1, -0.05) is 35.3 Å². The minimum Gasteiger partial charge on any atom is -0.491 e. The predicted molar refractivity (Wildman–Crippen MR) is 187 cm³/mol. The van der Waals surface area contributed by atoms with E-state index < -0.39 is 11.8 Å². The molecule has 0 saturated carbocycles. The highest BCUT2D eigenvalue weighted by molar-refractivity contribution is 7.22. The van der Waals surface area contributed by atoms with Crippen LogP contribution in [-0.2, 0) is 11.2 Å². The number of nitrogens with zero attached hydrogens (tertiary/aromatic N) is 6. The number of aromatic nitrogens is 4. The second kappa shape index (κ2) is 16.4. The molecule has 5 aromatic rings. The van der Waals surface area contributed by atoms with Gasteiger partial charge in [0.15, 0.2) is 39.2 Å². The van der Waals surface area contributed by atoms with Crippen LogP contribution in [0.15, 0.2) is 48.5 Å². The van der Waals surface area contributed by atoms with Crippen LogP contribution >= 0.6 is 22.7 Å². The second-order valence-corrected chi connectivity index (χ2v) is 12.8. The van der Waals surface area contributed by atoms with Gasteiger partial charge in [0.2, 0.25) is 0 Å². The smallest absolute Gasteiger partial charge is 0.358 e. The van der Waals surface area contributed by atoms with Crippen LogP contribution in [0.3, 0.4) is 0 Å². The molecular formula is C34H36FN7O4S2. The Hall–Kier alpha value is -4.68. The number of ether oxygens (including phenoxy) is 2. The van der Waals surface area contributed by atoms with Gasteiger partial charge in [-0.15, -0.1) is 21.5 Å². The highest BCUT2D eigenvalue weighted by atomic mass is 32.1. The number of carbonyl (C=O) groups excluding carboxylic acids is 1. The molecule has 0 saturated heterocycles. The normalized spacial score (nSPS) is 11.0. The minimum absolute atomic E-state index is 0.0547. The van der Waals surface area contributed by atoms with Gasteiger partial charge in [0, 0.05) is 24.0 Å². The number of rotatable bonds is 14. The molecule has 2 aromatic carbocycles. The van der Waals surface area contributed by atoms with Crippen molar-refractivity contribution in [1.29, 1.82) is 0 Å². The number of aryl methyl sites for hydroxylation is 2. The molecule has 0 aliphatic carbocycles. The Morgan fingerprint density at radius 2 is 1.94 bits per heavy atom. The fourth-order valence-corrected chi connectivity index (χ4v) is 6.46. The van der Waals surface area contributed by atoms with E-state index >= 15 is 0 Å². The molecule has 0 aliphatic heterocycles. The van der Waals surface area contributed by atoms with Crippen LogP contribution in [0.4, 0.5) is 26.3 Å². The predicted octanol–water partition coefficient (Wildman–Crippen LogP) is 5.97. The molecule has 14 heteroatoms. The maximum atomic E-state index is 14.7. The minimum atomic E-state index is -0.507. The van der Waals surface area contributed by atoms with Crippen LogP contribution < -0.4 is 15.0 Å². The number of fused-ring (bicyclic) bond motifs is 1. The summed E-state index contributed by atoms with van der Waals surface area (Å²) >= 11 is 2.89. The summed E-state index contributed by atoms with van der Waals surface area (Å²) in [5.74, 6) is 6.16. The third kappa shape index (κ3) is 8.81. The number of likely N-dealkylation sites (N-methyl/N-ethyl adjacent to an activating group) is 1. The van der Waals surface area contributed by atoms with E-state index in [4.69, 9.17) is 14.6 Å². The van der Waals surface area contributed by atoms with Gasteiger partial charge < -0.3 is 24.8 Å². The molecule has 3 aromatic heterocycles. The van der Waals surface area contributed by atoms with Gasteiger partial charge in [0.25, 0.3) is 0 Å². The van der Waals surface area contributed by atoms with Crippen LogP contribution in [0.5, 0.6) is 5.75 Å². The summed E-state index contributed by atoms with van der Waals surface area (Å²) in [6.07, 6.45) is 0.989. The maximum Gasteiger partial charge on any atom is 0.358 e. The number of aliphatic hydroxyl groups excluding tert-OH is 1. The highest BCUT2D eigenvalue weighted by Gasteiger charge is 2.22. The van der Waals surface area contributed by atoms with Crippen molar-refractivity contribution in [2.45, 2.75) is 26.7 Å². The van der Waals surface area contributed by atoms with Gasteiger partial charge in [0.05, 0.1) is 36.6 Å². The van der Waals surface area contributed by atoms with Gasteiger partial charge in [0.1, 0.15) is 0 Å². The molecule has 0 atom stereocenters. The first kappa shape index (κ1) is 34.6. The number of benzene rings is 2. The molecule has 5 rings (SSSR count). The lowest BCUT2D eigenvalue weighted by Crippen LogP contribution is -2.22. The molecule has 2 N–H and O–H groups in total. The van der Waals surface area contributed by atoms with E-state index in [0.29, 0.717) is 48.3 Å². The van der Waals surface area contributed by atoms with Crippen LogP contribution in [0.2, 0.25) is 0 Å². The summed E-state index contributed by atoms with van der Waals surface area (Å²) in [6.45, 7) is 5.16. The lowest BCUT2D eigenvalue weighted by Gasteiger charge is -2.15. The number of carbonyl (C=O) groups is 1. The fraction of sp³-hybridized carbons (Fsp3) is 0.324. The SMILES string of the molecule is CCOC(=O)c1nc(N(C)c2cc(C)c(Nc3nc4ccccc4s3)nn2)sc1CCCOc1ccc(C#CCN(C)CCO)cc1F. The fourth-order valence-electron chi connectivity index (χ4n) is 4.53. The molecule has 0 aliphatic rings. The zero-order valence-corrected chi connectivity index (χ0v) is 28.8. The molecule has 48 heavy (non-hydrogen) atoms. The van der Waals surface area contributed by atoms with E-state index in [1.807, 2.05) is 56.3 Å². The molecule has 250 valence electrons. The summed E-state index contributed by atoms with van der Waals surface area (Å²) in [5, 5.41) is 22.3. The van der Waals surface area contributed by atoms with E-state index in [-0.39, 0.29) is 31.3 Å². The van der Waals surface area contributed by atoms with Gasteiger partial charge in [-0.05, 0) is 75.7 Å². The Kier molecular flexibility index (Phi) is 11.9. The maximum absolute atomic E-state index is 14.7. The number of aliphatic hydroxyl groups is 1. The lowest BCUT2D eigenvalue weighted by molar-refractivity contribution is 0.0519. The van der Waals surface area contributed by atoms with E-state index in [1.54, 1.807) is 24.0 Å². The highest BCUT2D eigenvalue weighted by Crippen LogP contribution is 2.33. The Balaban J connectivity index is 1.22. The van der Waals surface area contributed by atoms with Crippen molar-refractivity contribution >= 4 is 60.8 Å². The Labute approximate surface area is 286 Å². The van der Waals surface area contributed by atoms with Crippen molar-refractivity contribution in [2.24, 2.45) is 0 Å². The number of hydrogen-bond donors (Lipinski definition) is 2. The monoisotopic (exact) mass is 689 g/mol. The summed E-state index contributed by atoms with van der Waals surface area (Å²) in [6, 6.07) is 14.4. The topological polar surface area (TPSA) is 126 Å². The van der Waals surface area contributed by atoms with Gasteiger partial charge in [-0.2, -0.15) is 0 Å². The zero-order chi connectivity index (χ0) is 34.0. The van der Waals surface area contributed by atoms with Crippen molar-refractivity contribution in [3.8, 4) is 17.6 Å². The van der Waals surface area contributed by atoms with Gasteiger partial charge in [-0.25, -0.2) is 19.2 Å². The quantitative estimate of drug-likeness (QED) is 0.0815. The Morgan fingerprint density at radius 3 is 2.69 bits per heavy atom. The van der Waals surface area contributed by atoms with E-state index in [2.05, 4.69) is 37.3 Å². The van der Waals surface area contributed by atoms with Crippen molar-refractivity contribution in [3.05, 3.63) is 76.0 Å². The second-order valence-electron chi connectivity index (χ2n) is 10.8.